The quantitative estimate of drug-likeness (QED) is 0.866. The van der Waals surface area contributed by atoms with Gasteiger partial charge in [0.25, 0.3) is 5.88 Å². The summed E-state index contributed by atoms with van der Waals surface area (Å²) in [5.74, 6) is 0.125. The van der Waals surface area contributed by atoms with E-state index >= 15 is 0 Å². The van der Waals surface area contributed by atoms with Crippen molar-refractivity contribution in [1.82, 2.24) is 9.78 Å². The van der Waals surface area contributed by atoms with Gasteiger partial charge in [-0.1, -0.05) is 0 Å². The van der Waals surface area contributed by atoms with E-state index in [2.05, 4.69) is 9.84 Å². The largest absolute Gasteiger partial charge is 0.413 e. The summed E-state index contributed by atoms with van der Waals surface area (Å²) in [4.78, 5) is 0. The maximum Gasteiger partial charge on any atom is 0.388 e. The number of nitrogen functional groups attached to an aromatic ring is 1. The molecular weight excluding hydrogens is 244 g/mol. The van der Waals surface area contributed by atoms with Gasteiger partial charge < -0.3 is 15.6 Å². The van der Waals surface area contributed by atoms with Gasteiger partial charge in [0.2, 0.25) is 0 Å². The predicted molar refractivity (Wildman–Crippen MR) is 61.4 cm³/mol. The number of alkyl halides is 2. The van der Waals surface area contributed by atoms with E-state index in [1.54, 1.807) is 4.68 Å². The van der Waals surface area contributed by atoms with Crippen molar-refractivity contribution in [1.29, 1.82) is 0 Å². The standard InChI is InChI=1S/C11H17F2N3O2/c12-11(13)18-10-9(14)5-16(15-10)8-3-1-7(6-17)2-4-8/h5,7-8,11,17H,1-4,6,14H2. The Morgan fingerprint density at radius 3 is 2.67 bits per heavy atom. The molecule has 1 aliphatic carbocycles. The third kappa shape index (κ3) is 2.90. The van der Waals surface area contributed by atoms with Crippen LogP contribution in [0.5, 0.6) is 5.88 Å². The summed E-state index contributed by atoms with van der Waals surface area (Å²) in [5, 5.41) is 13.0. The lowest BCUT2D eigenvalue weighted by Gasteiger charge is -2.27. The van der Waals surface area contributed by atoms with Gasteiger partial charge in [0, 0.05) is 6.61 Å². The molecule has 18 heavy (non-hydrogen) atoms. The SMILES string of the molecule is Nc1cn(C2CCC(CO)CC2)nc1OC(F)F. The summed E-state index contributed by atoms with van der Waals surface area (Å²) in [5.41, 5.74) is 5.69. The number of hydrogen-bond acceptors (Lipinski definition) is 4. The summed E-state index contributed by atoms with van der Waals surface area (Å²) in [6.45, 7) is -2.71. The van der Waals surface area contributed by atoms with Gasteiger partial charge >= 0.3 is 6.61 Å². The van der Waals surface area contributed by atoms with E-state index in [1.807, 2.05) is 0 Å². The van der Waals surface area contributed by atoms with Gasteiger partial charge in [-0.25, -0.2) is 0 Å². The highest BCUT2D eigenvalue weighted by atomic mass is 19.3. The Morgan fingerprint density at radius 1 is 1.44 bits per heavy atom. The molecular formula is C11H17F2N3O2. The van der Waals surface area contributed by atoms with Crippen LogP contribution in [-0.4, -0.2) is 28.1 Å². The molecule has 3 N–H and O–H groups in total. The van der Waals surface area contributed by atoms with Gasteiger partial charge in [-0.05, 0) is 31.6 Å². The molecule has 1 aromatic rings. The minimum atomic E-state index is -2.92. The first-order valence-corrected chi connectivity index (χ1v) is 6.00. The molecule has 2 rings (SSSR count). The molecule has 1 fully saturated rings. The van der Waals surface area contributed by atoms with E-state index in [4.69, 9.17) is 10.8 Å². The van der Waals surface area contributed by atoms with Crippen molar-refractivity contribution < 1.29 is 18.6 Å². The maximum absolute atomic E-state index is 12.1. The van der Waals surface area contributed by atoms with E-state index in [0.29, 0.717) is 5.92 Å². The minimum absolute atomic E-state index is 0.125. The second kappa shape index (κ2) is 5.51. The zero-order valence-electron chi connectivity index (χ0n) is 9.93. The highest BCUT2D eigenvalue weighted by molar-refractivity contribution is 5.46. The van der Waals surface area contributed by atoms with Crippen molar-refractivity contribution in [2.45, 2.75) is 38.3 Å². The van der Waals surface area contributed by atoms with Crippen molar-refractivity contribution in [2.75, 3.05) is 12.3 Å². The number of halogens is 2. The first kappa shape index (κ1) is 13.1. The van der Waals surface area contributed by atoms with Crippen LogP contribution in [0.3, 0.4) is 0 Å². The first-order valence-electron chi connectivity index (χ1n) is 6.00. The Hall–Kier alpha value is -1.37. The van der Waals surface area contributed by atoms with Crippen molar-refractivity contribution in [3.8, 4) is 5.88 Å². The normalized spacial score (nSPS) is 24.4. The van der Waals surface area contributed by atoms with Gasteiger partial charge in [0.15, 0.2) is 0 Å². The van der Waals surface area contributed by atoms with Crippen LogP contribution in [0, 0.1) is 5.92 Å². The molecule has 1 aromatic heterocycles. The lowest BCUT2D eigenvalue weighted by Crippen LogP contribution is -2.20. The summed E-state index contributed by atoms with van der Waals surface area (Å²) in [6.07, 6.45) is 5.07. The third-order valence-corrected chi connectivity index (χ3v) is 3.37. The molecule has 1 aliphatic rings. The first-order chi connectivity index (χ1) is 8.60. The molecule has 0 radical (unpaired) electrons. The van der Waals surface area contributed by atoms with Crippen LogP contribution >= 0.6 is 0 Å². The van der Waals surface area contributed by atoms with Gasteiger partial charge in [-0.3, -0.25) is 4.68 Å². The molecule has 102 valence electrons. The molecule has 1 heterocycles. The average molecular weight is 261 g/mol. The zero-order valence-corrected chi connectivity index (χ0v) is 9.93. The van der Waals surface area contributed by atoms with Gasteiger partial charge in [0.1, 0.15) is 5.69 Å². The van der Waals surface area contributed by atoms with Crippen LogP contribution in [0.1, 0.15) is 31.7 Å². The van der Waals surface area contributed by atoms with E-state index in [0.717, 1.165) is 25.7 Å². The van der Waals surface area contributed by atoms with Crippen LogP contribution in [0.4, 0.5) is 14.5 Å². The number of rotatable bonds is 4. The van der Waals surface area contributed by atoms with Crippen molar-refractivity contribution in [3.05, 3.63) is 6.20 Å². The Morgan fingerprint density at radius 2 is 2.11 bits per heavy atom. The Labute approximate surface area is 104 Å². The summed E-state index contributed by atoms with van der Waals surface area (Å²) in [7, 11) is 0. The number of nitrogens with zero attached hydrogens (tertiary/aromatic N) is 2. The Balaban J connectivity index is 2.01. The van der Waals surface area contributed by atoms with E-state index < -0.39 is 6.61 Å². The molecule has 0 atom stereocenters. The molecule has 0 amide bonds. The molecule has 0 bridgehead atoms. The highest BCUT2D eigenvalue weighted by Gasteiger charge is 2.24. The molecule has 0 aliphatic heterocycles. The van der Waals surface area contributed by atoms with Crippen LogP contribution < -0.4 is 10.5 Å². The summed E-state index contributed by atoms with van der Waals surface area (Å²) in [6, 6.07) is 0.144. The molecule has 0 spiro atoms. The lowest BCUT2D eigenvalue weighted by molar-refractivity contribution is -0.0529. The molecule has 0 unspecified atom stereocenters. The van der Waals surface area contributed by atoms with Crippen LogP contribution in [0.15, 0.2) is 6.20 Å². The van der Waals surface area contributed by atoms with E-state index in [9.17, 15) is 8.78 Å². The fourth-order valence-electron chi connectivity index (χ4n) is 2.34. The van der Waals surface area contributed by atoms with E-state index in [1.165, 1.54) is 6.20 Å². The Kier molecular flexibility index (Phi) is 4.00. The highest BCUT2D eigenvalue weighted by Crippen LogP contribution is 2.33. The Bertz CT molecular complexity index is 390. The number of anilines is 1. The fourth-order valence-corrected chi connectivity index (χ4v) is 2.34. The van der Waals surface area contributed by atoms with Crippen LogP contribution in [0.25, 0.3) is 0 Å². The number of aromatic nitrogens is 2. The number of aliphatic hydroxyl groups is 1. The van der Waals surface area contributed by atoms with Crippen molar-refractivity contribution >= 4 is 5.69 Å². The fraction of sp³-hybridized carbons (Fsp3) is 0.727. The smallest absolute Gasteiger partial charge is 0.388 e. The predicted octanol–water partition coefficient (Wildman–Crippen LogP) is 1.79. The van der Waals surface area contributed by atoms with E-state index in [-0.39, 0.29) is 24.2 Å². The van der Waals surface area contributed by atoms with Gasteiger partial charge in [0.05, 0.1) is 12.2 Å². The van der Waals surface area contributed by atoms with Crippen LogP contribution in [0.2, 0.25) is 0 Å². The number of nitrogens with two attached hydrogens (primary N) is 1. The third-order valence-electron chi connectivity index (χ3n) is 3.37. The number of ether oxygens (including phenoxy) is 1. The number of aliphatic hydroxyl groups excluding tert-OH is 1. The summed E-state index contributed by atoms with van der Waals surface area (Å²) < 4.78 is 30.0. The van der Waals surface area contributed by atoms with Crippen molar-refractivity contribution in [2.24, 2.45) is 5.92 Å². The molecule has 1 saturated carbocycles. The minimum Gasteiger partial charge on any atom is -0.413 e. The number of hydrogen-bond donors (Lipinski definition) is 2. The zero-order chi connectivity index (χ0) is 13.1. The second-order valence-corrected chi connectivity index (χ2v) is 4.61. The molecule has 5 nitrogen and oxygen atoms in total. The average Bonchev–Trinajstić information content (AvgIpc) is 2.70. The monoisotopic (exact) mass is 261 g/mol. The molecule has 0 saturated heterocycles. The lowest BCUT2D eigenvalue weighted by atomic mass is 9.87. The van der Waals surface area contributed by atoms with Gasteiger partial charge in [-0.2, -0.15) is 8.78 Å². The van der Waals surface area contributed by atoms with Crippen molar-refractivity contribution in [3.63, 3.8) is 0 Å². The topological polar surface area (TPSA) is 73.3 Å². The van der Waals surface area contributed by atoms with Gasteiger partial charge in [-0.15, -0.1) is 5.10 Å². The maximum atomic E-state index is 12.1. The second-order valence-electron chi connectivity index (χ2n) is 4.61. The summed E-state index contributed by atoms with van der Waals surface area (Å²) >= 11 is 0. The molecule has 7 heteroatoms. The molecule has 0 aromatic carbocycles. The van der Waals surface area contributed by atoms with Crippen LogP contribution in [-0.2, 0) is 0 Å².